The topological polar surface area (TPSA) is 75.3 Å². The summed E-state index contributed by atoms with van der Waals surface area (Å²) in [7, 11) is 0. The Labute approximate surface area is 79.5 Å². The largest absolute Gasteiger partial charge is 0.392 e. The first-order valence-corrected chi connectivity index (χ1v) is 4.69. The summed E-state index contributed by atoms with van der Waals surface area (Å²) in [5, 5.41) is 12.4. The predicted octanol–water partition coefficient (Wildman–Crippen LogP) is -0.143. The Morgan fingerprint density at radius 2 is 2.08 bits per heavy atom. The van der Waals surface area contributed by atoms with Crippen molar-refractivity contribution in [2.45, 2.75) is 39.3 Å². The molecule has 0 fully saturated rings. The Balaban J connectivity index is 3.78. The van der Waals surface area contributed by atoms with Gasteiger partial charge < -0.3 is 16.2 Å². The zero-order valence-electron chi connectivity index (χ0n) is 8.58. The van der Waals surface area contributed by atoms with Crippen LogP contribution in [0.3, 0.4) is 0 Å². The summed E-state index contributed by atoms with van der Waals surface area (Å²) in [6.07, 6.45) is 0.230. The molecule has 1 amide bonds. The highest BCUT2D eigenvalue weighted by molar-refractivity contribution is 5.79. The van der Waals surface area contributed by atoms with Gasteiger partial charge >= 0.3 is 0 Å². The van der Waals surface area contributed by atoms with E-state index in [2.05, 4.69) is 5.32 Å². The zero-order chi connectivity index (χ0) is 10.4. The first kappa shape index (κ1) is 12.4. The molecule has 13 heavy (non-hydrogen) atoms. The molecule has 0 saturated heterocycles. The van der Waals surface area contributed by atoms with E-state index in [9.17, 15) is 9.90 Å². The molecule has 2 unspecified atom stereocenters. The molecule has 0 aliphatic rings. The van der Waals surface area contributed by atoms with Gasteiger partial charge in [-0.25, -0.2) is 0 Å². The van der Waals surface area contributed by atoms with Crippen molar-refractivity contribution in [1.29, 1.82) is 0 Å². The monoisotopic (exact) mass is 188 g/mol. The standard InChI is InChI=1S/C9H20N2O2/c1-4-7(9(10)13)11-5-8(12)6(2)3/h6-8,11-12H,4-5H2,1-3H3,(H2,10,13). The molecule has 0 aliphatic heterocycles. The van der Waals surface area contributed by atoms with E-state index in [-0.39, 0.29) is 17.9 Å². The molecule has 78 valence electrons. The molecule has 0 aromatic rings. The van der Waals surface area contributed by atoms with Crippen LogP contribution in [0.2, 0.25) is 0 Å². The van der Waals surface area contributed by atoms with E-state index in [0.717, 1.165) is 0 Å². The average molecular weight is 188 g/mol. The lowest BCUT2D eigenvalue weighted by molar-refractivity contribution is -0.120. The van der Waals surface area contributed by atoms with Gasteiger partial charge in [-0.1, -0.05) is 20.8 Å². The summed E-state index contributed by atoms with van der Waals surface area (Å²) < 4.78 is 0. The maximum absolute atomic E-state index is 10.8. The number of aliphatic hydroxyl groups excluding tert-OH is 1. The van der Waals surface area contributed by atoms with Crippen LogP contribution in [-0.4, -0.2) is 29.7 Å². The van der Waals surface area contributed by atoms with Gasteiger partial charge in [-0.2, -0.15) is 0 Å². The van der Waals surface area contributed by atoms with Gasteiger partial charge in [0.2, 0.25) is 5.91 Å². The van der Waals surface area contributed by atoms with Crippen molar-refractivity contribution in [3.63, 3.8) is 0 Å². The molecule has 4 N–H and O–H groups in total. The summed E-state index contributed by atoms with van der Waals surface area (Å²) in [5.74, 6) is -0.170. The van der Waals surface area contributed by atoms with Crippen LogP contribution in [0.25, 0.3) is 0 Å². The van der Waals surface area contributed by atoms with Crippen LogP contribution in [0.1, 0.15) is 27.2 Å². The van der Waals surface area contributed by atoms with Gasteiger partial charge in [-0.3, -0.25) is 4.79 Å². The number of rotatable bonds is 6. The molecule has 0 aromatic carbocycles. The van der Waals surface area contributed by atoms with Crippen molar-refractivity contribution in [3.8, 4) is 0 Å². The second kappa shape index (κ2) is 5.94. The molecule has 0 saturated carbocycles. The Kier molecular flexibility index (Phi) is 5.66. The molecule has 2 atom stereocenters. The second-order valence-electron chi connectivity index (χ2n) is 3.58. The number of carbonyl (C=O) groups is 1. The van der Waals surface area contributed by atoms with Crippen LogP contribution < -0.4 is 11.1 Å². The number of aliphatic hydroxyl groups is 1. The van der Waals surface area contributed by atoms with Gasteiger partial charge in [-0.05, 0) is 12.3 Å². The van der Waals surface area contributed by atoms with Crippen molar-refractivity contribution in [2.75, 3.05) is 6.54 Å². The van der Waals surface area contributed by atoms with Gasteiger partial charge in [0.25, 0.3) is 0 Å². The number of carbonyl (C=O) groups excluding carboxylic acids is 1. The number of primary amides is 1. The molecule has 4 heteroatoms. The molecule has 4 nitrogen and oxygen atoms in total. The van der Waals surface area contributed by atoms with Crippen molar-refractivity contribution < 1.29 is 9.90 Å². The van der Waals surface area contributed by atoms with Crippen molar-refractivity contribution in [1.82, 2.24) is 5.32 Å². The molecule has 0 spiro atoms. The minimum atomic E-state index is -0.423. The third-order valence-electron chi connectivity index (χ3n) is 2.09. The van der Waals surface area contributed by atoms with Gasteiger partial charge in [0, 0.05) is 6.54 Å². The lowest BCUT2D eigenvalue weighted by Crippen LogP contribution is -2.44. The Morgan fingerprint density at radius 1 is 1.54 bits per heavy atom. The Bertz CT molecular complexity index is 160. The molecule has 0 rings (SSSR count). The summed E-state index contributed by atoms with van der Waals surface area (Å²) in [6.45, 7) is 6.15. The molecular weight excluding hydrogens is 168 g/mol. The molecule has 0 aromatic heterocycles. The van der Waals surface area contributed by atoms with Crippen LogP contribution in [0.15, 0.2) is 0 Å². The normalized spacial score (nSPS) is 15.8. The molecule has 0 bridgehead atoms. The minimum absolute atomic E-state index is 0.192. The highest BCUT2D eigenvalue weighted by Gasteiger charge is 2.15. The lowest BCUT2D eigenvalue weighted by atomic mass is 10.1. The van der Waals surface area contributed by atoms with Crippen molar-refractivity contribution >= 4 is 5.91 Å². The number of hydrogen-bond donors (Lipinski definition) is 3. The lowest BCUT2D eigenvalue weighted by Gasteiger charge is -2.18. The van der Waals surface area contributed by atoms with E-state index < -0.39 is 6.10 Å². The van der Waals surface area contributed by atoms with Gasteiger partial charge in [0.05, 0.1) is 12.1 Å². The predicted molar refractivity (Wildman–Crippen MR) is 52.1 cm³/mol. The van der Waals surface area contributed by atoms with E-state index in [0.29, 0.717) is 13.0 Å². The zero-order valence-corrected chi connectivity index (χ0v) is 8.58. The van der Waals surface area contributed by atoms with Gasteiger partial charge in [0.1, 0.15) is 0 Å². The molecular formula is C9H20N2O2. The van der Waals surface area contributed by atoms with Crippen LogP contribution in [-0.2, 0) is 4.79 Å². The smallest absolute Gasteiger partial charge is 0.234 e. The van der Waals surface area contributed by atoms with Crippen molar-refractivity contribution in [2.24, 2.45) is 11.7 Å². The van der Waals surface area contributed by atoms with Gasteiger partial charge in [0.15, 0.2) is 0 Å². The van der Waals surface area contributed by atoms with Crippen LogP contribution in [0, 0.1) is 5.92 Å². The van der Waals surface area contributed by atoms with Crippen LogP contribution >= 0.6 is 0 Å². The Morgan fingerprint density at radius 3 is 2.38 bits per heavy atom. The van der Waals surface area contributed by atoms with Crippen LogP contribution in [0.4, 0.5) is 0 Å². The highest BCUT2D eigenvalue weighted by Crippen LogP contribution is 2.00. The highest BCUT2D eigenvalue weighted by atomic mass is 16.3. The number of amides is 1. The van der Waals surface area contributed by atoms with Gasteiger partial charge in [-0.15, -0.1) is 0 Å². The quantitative estimate of drug-likeness (QED) is 0.543. The molecule has 0 radical (unpaired) electrons. The summed E-state index contributed by atoms with van der Waals surface area (Å²) in [6, 6.07) is -0.326. The third kappa shape index (κ3) is 4.85. The first-order valence-electron chi connectivity index (χ1n) is 4.69. The summed E-state index contributed by atoms with van der Waals surface area (Å²) in [4.78, 5) is 10.8. The molecule has 0 heterocycles. The maximum atomic E-state index is 10.8. The van der Waals surface area contributed by atoms with E-state index in [1.165, 1.54) is 0 Å². The average Bonchev–Trinajstić information content (AvgIpc) is 2.04. The fourth-order valence-corrected chi connectivity index (χ4v) is 0.945. The Hall–Kier alpha value is -0.610. The van der Waals surface area contributed by atoms with E-state index >= 15 is 0 Å². The van der Waals surface area contributed by atoms with Crippen LogP contribution in [0.5, 0.6) is 0 Å². The fourth-order valence-electron chi connectivity index (χ4n) is 0.945. The second-order valence-corrected chi connectivity index (χ2v) is 3.58. The SMILES string of the molecule is CCC(NCC(O)C(C)C)C(N)=O. The van der Waals surface area contributed by atoms with E-state index in [1.807, 2.05) is 20.8 Å². The van der Waals surface area contributed by atoms with E-state index in [1.54, 1.807) is 0 Å². The number of nitrogens with one attached hydrogen (secondary N) is 1. The maximum Gasteiger partial charge on any atom is 0.234 e. The van der Waals surface area contributed by atoms with E-state index in [4.69, 9.17) is 5.73 Å². The fraction of sp³-hybridized carbons (Fsp3) is 0.889. The number of nitrogens with two attached hydrogens (primary N) is 1. The summed E-state index contributed by atoms with van der Waals surface area (Å²) in [5.41, 5.74) is 5.13. The minimum Gasteiger partial charge on any atom is -0.392 e. The first-order chi connectivity index (χ1) is 5.99. The third-order valence-corrected chi connectivity index (χ3v) is 2.09. The van der Waals surface area contributed by atoms with Crippen molar-refractivity contribution in [3.05, 3.63) is 0 Å². The number of hydrogen-bond acceptors (Lipinski definition) is 3. The summed E-state index contributed by atoms with van der Waals surface area (Å²) >= 11 is 0. The molecule has 0 aliphatic carbocycles.